The molecule has 0 spiro atoms. The average Bonchev–Trinajstić information content (AvgIpc) is 3.07. The Morgan fingerprint density at radius 1 is 1.00 bits per heavy atom. The number of Topliss-reactive ketones (excluding diaryl/α,β-unsaturated/α-hetero) is 1. The molecule has 4 aromatic rings. The zero-order chi connectivity index (χ0) is 18.1. The third kappa shape index (κ3) is 3.14. The Hall–Kier alpha value is -3.27. The lowest BCUT2D eigenvalue weighted by molar-refractivity contribution is 0.0992. The van der Waals surface area contributed by atoms with Crippen molar-refractivity contribution in [3.8, 4) is 11.3 Å². The molecule has 0 atom stereocenters. The first kappa shape index (κ1) is 16.2. The van der Waals surface area contributed by atoms with Crippen LogP contribution in [0.25, 0.3) is 22.0 Å². The largest absolute Gasteiger partial charge is 0.334 e. The summed E-state index contributed by atoms with van der Waals surface area (Å²) in [4.78, 5) is 21.2. The van der Waals surface area contributed by atoms with Crippen LogP contribution in [0.2, 0.25) is 0 Å². The lowest BCUT2D eigenvalue weighted by Gasteiger charge is -2.07. The second-order valence-electron chi connectivity index (χ2n) is 6.59. The molecule has 0 unspecified atom stereocenters. The standard InChI is InChI=1S/C22H19N3O/c1-15-3-5-16(6-4-15)22(26)11-20-10-19-9-17(7-8-18(19)12-24-20)21-13-23-14-25(21)2/h3-10,12-14H,11H2,1-2H3. The fraction of sp³-hybridized carbons (Fsp3) is 0.136. The van der Waals surface area contributed by atoms with Crippen LogP contribution in [0.4, 0.5) is 0 Å². The molecule has 0 aliphatic carbocycles. The molecule has 0 saturated carbocycles. The van der Waals surface area contributed by atoms with E-state index in [0.29, 0.717) is 6.42 Å². The van der Waals surface area contributed by atoms with Gasteiger partial charge in [0.2, 0.25) is 0 Å². The lowest BCUT2D eigenvalue weighted by Crippen LogP contribution is -2.05. The summed E-state index contributed by atoms with van der Waals surface area (Å²) < 4.78 is 1.99. The summed E-state index contributed by atoms with van der Waals surface area (Å²) in [6.07, 6.45) is 5.77. The van der Waals surface area contributed by atoms with Crippen molar-refractivity contribution in [2.75, 3.05) is 0 Å². The fourth-order valence-electron chi connectivity index (χ4n) is 3.08. The average molecular weight is 341 g/mol. The molecular formula is C22H19N3O. The van der Waals surface area contributed by atoms with Crippen molar-refractivity contribution < 1.29 is 4.79 Å². The summed E-state index contributed by atoms with van der Waals surface area (Å²) in [6.45, 7) is 2.01. The molecule has 2 aromatic heterocycles. The zero-order valence-electron chi connectivity index (χ0n) is 14.8. The first-order valence-corrected chi connectivity index (χ1v) is 8.55. The second kappa shape index (κ2) is 6.56. The smallest absolute Gasteiger partial charge is 0.168 e. The van der Waals surface area contributed by atoms with Gasteiger partial charge in [0, 0.05) is 35.5 Å². The van der Waals surface area contributed by atoms with Gasteiger partial charge in [-0.2, -0.15) is 0 Å². The predicted octanol–water partition coefficient (Wildman–Crippen LogP) is 4.37. The van der Waals surface area contributed by atoms with Crippen LogP contribution in [0.1, 0.15) is 21.6 Å². The highest BCUT2D eigenvalue weighted by molar-refractivity contribution is 5.98. The number of carbonyl (C=O) groups is 1. The van der Waals surface area contributed by atoms with E-state index in [1.807, 2.05) is 61.3 Å². The summed E-state index contributed by atoms with van der Waals surface area (Å²) in [5.41, 5.74) is 4.81. The number of nitrogens with zero attached hydrogens (tertiary/aromatic N) is 3. The van der Waals surface area contributed by atoms with Crippen LogP contribution in [0, 0.1) is 6.92 Å². The molecule has 0 amide bonds. The minimum Gasteiger partial charge on any atom is -0.334 e. The van der Waals surface area contributed by atoms with Crippen molar-refractivity contribution in [1.82, 2.24) is 14.5 Å². The molecule has 128 valence electrons. The number of aryl methyl sites for hydroxylation is 2. The van der Waals surface area contributed by atoms with Crippen molar-refractivity contribution in [2.24, 2.45) is 7.05 Å². The van der Waals surface area contributed by atoms with Crippen molar-refractivity contribution in [1.29, 1.82) is 0 Å². The van der Waals surface area contributed by atoms with Crippen molar-refractivity contribution in [3.63, 3.8) is 0 Å². The van der Waals surface area contributed by atoms with Crippen LogP contribution in [-0.2, 0) is 13.5 Å². The van der Waals surface area contributed by atoms with Gasteiger partial charge in [-0.05, 0) is 24.4 Å². The maximum atomic E-state index is 12.5. The predicted molar refractivity (Wildman–Crippen MR) is 103 cm³/mol. The Labute approximate surface area is 152 Å². The third-order valence-electron chi connectivity index (χ3n) is 4.61. The lowest BCUT2D eigenvalue weighted by atomic mass is 10.0. The highest BCUT2D eigenvalue weighted by Crippen LogP contribution is 2.24. The number of fused-ring (bicyclic) bond motifs is 1. The zero-order valence-corrected chi connectivity index (χ0v) is 14.8. The summed E-state index contributed by atoms with van der Waals surface area (Å²) in [7, 11) is 1.98. The number of aromatic nitrogens is 3. The van der Waals surface area contributed by atoms with Crippen LogP contribution in [0.15, 0.2) is 67.3 Å². The molecule has 26 heavy (non-hydrogen) atoms. The molecule has 2 heterocycles. The molecule has 4 heteroatoms. The molecule has 0 fully saturated rings. The Balaban J connectivity index is 1.65. The minimum atomic E-state index is 0.0830. The van der Waals surface area contributed by atoms with Crippen LogP contribution < -0.4 is 0 Å². The number of ketones is 1. The monoisotopic (exact) mass is 341 g/mol. The molecule has 0 radical (unpaired) electrons. The van der Waals surface area contributed by atoms with Gasteiger partial charge < -0.3 is 4.57 Å². The van der Waals surface area contributed by atoms with E-state index in [0.717, 1.165) is 38.9 Å². The summed E-state index contributed by atoms with van der Waals surface area (Å²) in [6, 6.07) is 15.9. The first-order valence-electron chi connectivity index (χ1n) is 8.55. The van der Waals surface area contributed by atoms with Crippen LogP contribution >= 0.6 is 0 Å². The van der Waals surface area contributed by atoms with E-state index in [2.05, 4.69) is 28.2 Å². The van der Waals surface area contributed by atoms with E-state index in [4.69, 9.17) is 0 Å². The van der Waals surface area contributed by atoms with Crippen molar-refractivity contribution in [3.05, 3.63) is 84.1 Å². The molecule has 4 rings (SSSR count). The van der Waals surface area contributed by atoms with Crippen molar-refractivity contribution in [2.45, 2.75) is 13.3 Å². The number of hydrogen-bond acceptors (Lipinski definition) is 3. The number of hydrogen-bond donors (Lipinski definition) is 0. The SMILES string of the molecule is Cc1ccc(C(=O)Cc2cc3cc(-c4cncn4C)ccc3cn2)cc1. The van der Waals surface area contributed by atoms with Crippen LogP contribution in [0.3, 0.4) is 0 Å². The number of rotatable bonds is 4. The van der Waals surface area contributed by atoms with Gasteiger partial charge in [0.1, 0.15) is 0 Å². The van der Waals surface area contributed by atoms with Gasteiger partial charge in [-0.25, -0.2) is 4.98 Å². The Kier molecular flexibility index (Phi) is 4.09. The molecule has 0 aliphatic heterocycles. The van der Waals surface area contributed by atoms with Crippen LogP contribution in [0.5, 0.6) is 0 Å². The molecule has 0 aliphatic rings. The summed E-state index contributed by atoms with van der Waals surface area (Å²) in [5, 5.41) is 2.13. The van der Waals surface area contributed by atoms with Gasteiger partial charge in [-0.15, -0.1) is 0 Å². The van der Waals surface area contributed by atoms with Crippen LogP contribution in [-0.4, -0.2) is 20.3 Å². The molecule has 0 saturated heterocycles. The Bertz CT molecular complexity index is 1090. The quantitative estimate of drug-likeness (QED) is 0.518. The third-order valence-corrected chi connectivity index (χ3v) is 4.61. The first-order chi connectivity index (χ1) is 12.6. The normalized spacial score (nSPS) is 11.0. The van der Waals surface area contributed by atoms with Crippen molar-refractivity contribution >= 4 is 16.6 Å². The minimum absolute atomic E-state index is 0.0830. The van der Waals surface area contributed by atoms with E-state index < -0.39 is 0 Å². The highest BCUT2D eigenvalue weighted by atomic mass is 16.1. The maximum Gasteiger partial charge on any atom is 0.168 e. The Morgan fingerprint density at radius 2 is 1.81 bits per heavy atom. The highest BCUT2D eigenvalue weighted by Gasteiger charge is 2.09. The second-order valence-corrected chi connectivity index (χ2v) is 6.59. The molecular weight excluding hydrogens is 322 g/mol. The molecule has 2 aromatic carbocycles. The van der Waals surface area contributed by atoms with Gasteiger partial charge in [0.05, 0.1) is 24.6 Å². The summed E-state index contributed by atoms with van der Waals surface area (Å²) in [5.74, 6) is 0.0830. The summed E-state index contributed by atoms with van der Waals surface area (Å²) >= 11 is 0. The number of carbonyl (C=O) groups excluding carboxylic acids is 1. The van der Waals surface area contributed by atoms with Gasteiger partial charge in [-0.3, -0.25) is 9.78 Å². The van der Waals surface area contributed by atoms with Gasteiger partial charge in [0.15, 0.2) is 5.78 Å². The van der Waals surface area contributed by atoms with Gasteiger partial charge in [-0.1, -0.05) is 42.0 Å². The molecule has 0 bridgehead atoms. The topological polar surface area (TPSA) is 47.8 Å². The Morgan fingerprint density at radius 3 is 2.54 bits per heavy atom. The molecule has 4 nitrogen and oxygen atoms in total. The van der Waals surface area contributed by atoms with E-state index in [-0.39, 0.29) is 5.78 Å². The number of pyridine rings is 1. The van der Waals surface area contributed by atoms with Gasteiger partial charge in [0.25, 0.3) is 0 Å². The maximum absolute atomic E-state index is 12.5. The van der Waals surface area contributed by atoms with E-state index in [9.17, 15) is 4.79 Å². The van der Waals surface area contributed by atoms with E-state index in [1.165, 1.54) is 0 Å². The number of benzene rings is 2. The fourth-order valence-corrected chi connectivity index (χ4v) is 3.08. The van der Waals surface area contributed by atoms with E-state index in [1.54, 1.807) is 6.33 Å². The van der Waals surface area contributed by atoms with Gasteiger partial charge >= 0.3 is 0 Å². The molecule has 0 N–H and O–H groups in total. The number of imidazole rings is 1. The van der Waals surface area contributed by atoms with E-state index >= 15 is 0 Å².